The second-order valence-corrected chi connectivity index (χ2v) is 6.52. The number of hydrogen-bond donors (Lipinski definition) is 2. The molecule has 3 rings (SSSR count). The lowest BCUT2D eigenvalue weighted by atomic mass is 10.1. The quantitative estimate of drug-likeness (QED) is 0.639. The molecule has 3 aromatic rings. The number of anilines is 1. The minimum absolute atomic E-state index is 0.273. The van der Waals surface area contributed by atoms with Gasteiger partial charge in [-0.05, 0) is 42.2 Å². The Bertz CT molecular complexity index is 1020. The van der Waals surface area contributed by atoms with Crippen molar-refractivity contribution in [3.63, 3.8) is 0 Å². The van der Waals surface area contributed by atoms with Crippen LogP contribution in [0.1, 0.15) is 38.8 Å². The van der Waals surface area contributed by atoms with Gasteiger partial charge in [-0.15, -0.1) is 0 Å². The molecule has 2 aromatic carbocycles. The number of hydrogen-bond acceptors (Lipinski definition) is 3. The normalized spacial score (nSPS) is 10.4. The van der Waals surface area contributed by atoms with Gasteiger partial charge in [-0.2, -0.15) is 0 Å². The Morgan fingerprint density at radius 2 is 1.59 bits per heavy atom. The second kappa shape index (κ2) is 9.59. The van der Waals surface area contributed by atoms with E-state index in [2.05, 4.69) is 15.6 Å². The number of aryl methyl sites for hydroxylation is 1. The zero-order valence-electron chi connectivity index (χ0n) is 16.1. The third-order valence-corrected chi connectivity index (χ3v) is 4.55. The summed E-state index contributed by atoms with van der Waals surface area (Å²) >= 11 is 0. The van der Waals surface area contributed by atoms with Gasteiger partial charge in [-0.1, -0.05) is 43.3 Å². The standard InChI is InChI=1S/C23H22FN3O2/c1-2-16-7-4-6-10-21(16)27-23(29)19-13-18(14-25-15-19)22(28)26-12-11-17-8-3-5-9-20(17)24/h3-10,13-15H,2,11-12H2,1H3,(H,26,28)(H,27,29). The van der Waals surface area contributed by atoms with E-state index in [1.165, 1.54) is 24.5 Å². The number of carbonyl (C=O) groups excluding carboxylic acids is 2. The Morgan fingerprint density at radius 3 is 2.31 bits per heavy atom. The van der Waals surface area contributed by atoms with Crippen LogP contribution in [-0.2, 0) is 12.8 Å². The minimum atomic E-state index is -0.363. The lowest BCUT2D eigenvalue weighted by Crippen LogP contribution is -2.26. The molecule has 0 unspecified atom stereocenters. The van der Waals surface area contributed by atoms with E-state index in [-0.39, 0.29) is 35.3 Å². The second-order valence-electron chi connectivity index (χ2n) is 6.52. The van der Waals surface area contributed by atoms with E-state index in [1.54, 1.807) is 18.2 Å². The number of benzene rings is 2. The molecular formula is C23H22FN3O2. The Kier molecular flexibility index (Phi) is 6.68. The molecule has 0 spiro atoms. The van der Waals surface area contributed by atoms with Crippen molar-refractivity contribution in [1.82, 2.24) is 10.3 Å². The van der Waals surface area contributed by atoms with Crippen LogP contribution in [0.5, 0.6) is 0 Å². The predicted octanol–water partition coefficient (Wildman–Crippen LogP) is 4.01. The molecule has 0 bridgehead atoms. The van der Waals surface area contributed by atoms with Crippen molar-refractivity contribution in [3.8, 4) is 0 Å². The van der Waals surface area contributed by atoms with Crippen LogP contribution in [0.25, 0.3) is 0 Å². The van der Waals surface area contributed by atoms with Gasteiger partial charge in [0.25, 0.3) is 11.8 Å². The highest BCUT2D eigenvalue weighted by Gasteiger charge is 2.13. The Balaban J connectivity index is 1.63. The molecule has 2 N–H and O–H groups in total. The number of para-hydroxylation sites is 1. The number of carbonyl (C=O) groups is 2. The van der Waals surface area contributed by atoms with Crippen LogP contribution < -0.4 is 10.6 Å². The molecule has 0 aliphatic heterocycles. The zero-order chi connectivity index (χ0) is 20.6. The van der Waals surface area contributed by atoms with Crippen LogP contribution in [0.2, 0.25) is 0 Å². The van der Waals surface area contributed by atoms with Crippen molar-refractivity contribution in [3.05, 3.63) is 95.1 Å². The van der Waals surface area contributed by atoms with E-state index in [4.69, 9.17) is 0 Å². The van der Waals surface area contributed by atoms with Crippen LogP contribution >= 0.6 is 0 Å². The van der Waals surface area contributed by atoms with E-state index in [1.807, 2.05) is 31.2 Å². The third kappa shape index (κ3) is 5.25. The van der Waals surface area contributed by atoms with Crippen molar-refractivity contribution < 1.29 is 14.0 Å². The van der Waals surface area contributed by atoms with E-state index in [9.17, 15) is 14.0 Å². The van der Waals surface area contributed by atoms with Gasteiger partial charge in [0.1, 0.15) is 5.82 Å². The molecule has 5 nitrogen and oxygen atoms in total. The smallest absolute Gasteiger partial charge is 0.257 e. The zero-order valence-corrected chi connectivity index (χ0v) is 16.1. The van der Waals surface area contributed by atoms with Crippen LogP contribution in [0, 0.1) is 5.82 Å². The lowest BCUT2D eigenvalue weighted by molar-refractivity contribution is 0.0953. The van der Waals surface area contributed by atoms with Crippen LogP contribution in [0.4, 0.5) is 10.1 Å². The molecule has 1 heterocycles. The van der Waals surface area contributed by atoms with Crippen molar-refractivity contribution in [1.29, 1.82) is 0 Å². The van der Waals surface area contributed by atoms with Gasteiger partial charge >= 0.3 is 0 Å². The number of amides is 2. The molecular weight excluding hydrogens is 369 g/mol. The fourth-order valence-electron chi connectivity index (χ4n) is 2.95. The van der Waals surface area contributed by atoms with E-state index in [0.717, 1.165) is 17.7 Å². The van der Waals surface area contributed by atoms with Gasteiger partial charge in [-0.3, -0.25) is 14.6 Å². The minimum Gasteiger partial charge on any atom is -0.352 e. The maximum Gasteiger partial charge on any atom is 0.257 e. The summed E-state index contributed by atoms with van der Waals surface area (Å²) in [4.78, 5) is 29.0. The van der Waals surface area contributed by atoms with Gasteiger partial charge in [-0.25, -0.2) is 4.39 Å². The molecule has 6 heteroatoms. The van der Waals surface area contributed by atoms with Crippen molar-refractivity contribution in [2.24, 2.45) is 0 Å². The van der Waals surface area contributed by atoms with Crippen LogP contribution in [0.15, 0.2) is 67.0 Å². The summed E-state index contributed by atoms with van der Waals surface area (Å²) in [5.41, 5.74) is 2.86. The van der Waals surface area contributed by atoms with Gasteiger partial charge in [0.2, 0.25) is 0 Å². The van der Waals surface area contributed by atoms with Crippen LogP contribution in [0.3, 0.4) is 0 Å². The molecule has 148 valence electrons. The topological polar surface area (TPSA) is 71.1 Å². The highest BCUT2D eigenvalue weighted by atomic mass is 19.1. The third-order valence-electron chi connectivity index (χ3n) is 4.55. The number of pyridine rings is 1. The summed E-state index contributed by atoms with van der Waals surface area (Å²) < 4.78 is 13.6. The number of nitrogens with one attached hydrogen (secondary N) is 2. The SMILES string of the molecule is CCc1ccccc1NC(=O)c1cncc(C(=O)NCCc2ccccc2F)c1. The first-order valence-electron chi connectivity index (χ1n) is 9.44. The van der Waals surface area contributed by atoms with Gasteiger partial charge in [0.05, 0.1) is 11.1 Å². The summed E-state index contributed by atoms with van der Waals surface area (Å²) in [5, 5.41) is 5.59. The van der Waals surface area contributed by atoms with Gasteiger partial charge in [0, 0.05) is 24.6 Å². The summed E-state index contributed by atoms with van der Waals surface area (Å²) in [6.45, 7) is 2.29. The largest absolute Gasteiger partial charge is 0.352 e. The molecule has 0 aliphatic carbocycles. The highest BCUT2D eigenvalue weighted by Crippen LogP contribution is 2.17. The fourth-order valence-corrected chi connectivity index (χ4v) is 2.95. The first-order chi connectivity index (χ1) is 14.1. The van der Waals surface area contributed by atoms with Gasteiger partial charge in [0.15, 0.2) is 0 Å². The molecule has 2 amide bonds. The molecule has 0 aliphatic rings. The lowest BCUT2D eigenvalue weighted by Gasteiger charge is -2.10. The summed E-state index contributed by atoms with van der Waals surface area (Å²) in [6, 6.07) is 15.5. The van der Waals surface area contributed by atoms with Crippen molar-refractivity contribution in [2.75, 3.05) is 11.9 Å². The fraction of sp³-hybridized carbons (Fsp3) is 0.174. The van der Waals surface area contributed by atoms with E-state index < -0.39 is 0 Å². The maximum atomic E-state index is 13.6. The van der Waals surface area contributed by atoms with Gasteiger partial charge < -0.3 is 10.6 Å². The first-order valence-corrected chi connectivity index (χ1v) is 9.44. The van der Waals surface area contributed by atoms with Crippen molar-refractivity contribution >= 4 is 17.5 Å². The Morgan fingerprint density at radius 1 is 0.931 bits per heavy atom. The first kappa shape index (κ1) is 20.2. The van der Waals surface area contributed by atoms with Crippen LogP contribution in [-0.4, -0.2) is 23.3 Å². The van der Waals surface area contributed by atoms with Crippen molar-refractivity contribution in [2.45, 2.75) is 19.8 Å². The maximum absolute atomic E-state index is 13.6. The molecule has 0 saturated carbocycles. The number of nitrogens with zero attached hydrogens (tertiary/aromatic N) is 1. The van der Waals surface area contributed by atoms with E-state index >= 15 is 0 Å². The average Bonchev–Trinajstić information content (AvgIpc) is 2.75. The Hall–Kier alpha value is -3.54. The molecule has 0 saturated heterocycles. The monoisotopic (exact) mass is 391 g/mol. The molecule has 29 heavy (non-hydrogen) atoms. The molecule has 0 fully saturated rings. The number of halogens is 1. The molecule has 0 radical (unpaired) electrons. The molecule has 1 aromatic heterocycles. The Labute approximate surface area is 169 Å². The summed E-state index contributed by atoms with van der Waals surface area (Å²) in [6.07, 6.45) is 3.98. The highest BCUT2D eigenvalue weighted by molar-refractivity contribution is 6.06. The number of aromatic nitrogens is 1. The van der Waals surface area contributed by atoms with E-state index in [0.29, 0.717) is 12.0 Å². The average molecular weight is 391 g/mol. The summed E-state index contributed by atoms with van der Waals surface area (Å²) in [7, 11) is 0. The number of rotatable bonds is 7. The molecule has 0 atom stereocenters. The summed E-state index contributed by atoms with van der Waals surface area (Å²) in [5.74, 6) is -0.994. The predicted molar refractivity (Wildman–Crippen MR) is 110 cm³/mol.